The number of aromatic nitrogens is 4. The molecule has 3 aromatic rings. The van der Waals surface area contributed by atoms with Crippen molar-refractivity contribution in [2.45, 2.75) is 32.6 Å². The van der Waals surface area contributed by atoms with Crippen LogP contribution in [0.25, 0.3) is 5.65 Å². The molecule has 0 atom stereocenters. The zero-order valence-electron chi connectivity index (χ0n) is 13.1. The first-order valence-electron chi connectivity index (χ1n) is 7.72. The molecule has 0 unspecified atom stereocenters. The van der Waals surface area contributed by atoms with Gasteiger partial charge in [-0.3, -0.25) is 9.78 Å². The maximum Gasteiger partial charge on any atom is 0.259 e. The van der Waals surface area contributed by atoms with Crippen LogP contribution in [0.4, 0.5) is 5.69 Å². The number of aryl methyl sites for hydroxylation is 2. The second kappa shape index (κ2) is 5.15. The quantitative estimate of drug-likeness (QED) is 0.807. The van der Waals surface area contributed by atoms with E-state index >= 15 is 0 Å². The number of fused-ring (bicyclic) bond motifs is 1. The van der Waals surface area contributed by atoms with Gasteiger partial charge in [-0.2, -0.15) is 5.10 Å². The summed E-state index contributed by atoms with van der Waals surface area (Å²) < 4.78 is 1.70. The second-order valence-electron chi connectivity index (χ2n) is 5.98. The Kier molecular flexibility index (Phi) is 3.11. The Hall–Kier alpha value is -2.76. The Morgan fingerprint density at radius 2 is 2.13 bits per heavy atom. The minimum absolute atomic E-state index is 0.181. The van der Waals surface area contributed by atoms with Gasteiger partial charge in [-0.05, 0) is 38.8 Å². The summed E-state index contributed by atoms with van der Waals surface area (Å²) in [5.41, 5.74) is 4.68. The zero-order chi connectivity index (χ0) is 16.0. The van der Waals surface area contributed by atoms with Gasteiger partial charge in [0.1, 0.15) is 0 Å². The molecule has 6 nitrogen and oxygen atoms in total. The summed E-state index contributed by atoms with van der Waals surface area (Å²) in [5.74, 6) is 0.293. The van der Waals surface area contributed by atoms with Crippen LogP contribution in [0.2, 0.25) is 0 Å². The van der Waals surface area contributed by atoms with Gasteiger partial charge < -0.3 is 5.32 Å². The fourth-order valence-electron chi connectivity index (χ4n) is 2.78. The summed E-state index contributed by atoms with van der Waals surface area (Å²) in [6, 6.07) is 5.63. The Morgan fingerprint density at radius 1 is 1.30 bits per heavy atom. The van der Waals surface area contributed by atoms with Crippen LogP contribution < -0.4 is 5.32 Å². The van der Waals surface area contributed by atoms with E-state index < -0.39 is 0 Å². The van der Waals surface area contributed by atoms with Crippen molar-refractivity contribution < 1.29 is 4.79 Å². The smallest absolute Gasteiger partial charge is 0.259 e. The normalized spacial score (nSPS) is 14.2. The lowest BCUT2D eigenvalue weighted by molar-refractivity contribution is 0.102. The topological polar surface area (TPSA) is 72.2 Å². The predicted octanol–water partition coefficient (Wildman–Crippen LogP) is 2.87. The molecule has 0 radical (unpaired) electrons. The first-order valence-corrected chi connectivity index (χ1v) is 7.72. The van der Waals surface area contributed by atoms with E-state index in [9.17, 15) is 4.79 Å². The van der Waals surface area contributed by atoms with Crippen molar-refractivity contribution in [1.29, 1.82) is 0 Å². The highest BCUT2D eigenvalue weighted by molar-refractivity contribution is 6.05. The highest BCUT2D eigenvalue weighted by atomic mass is 16.1. The van der Waals surface area contributed by atoms with Crippen LogP contribution in [-0.4, -0.2) is 25.5 Å². The summed E-state index contributed by atoms with van der Waals surface area (Å²) in [6.07, 6.45) is 5.65. The molecule has 1 fully saturated rings. The molecule has 0 aliphatic heterocycles. The standard InChI is InChI=1S/C17H17N5O/c1-10-8-15-19-9-13(11(2)22(15)21-10)17(23)20-14-4-3-7-18-16(14)12-5-6-12/h3-4,7-9,12H,5-6H2,1-2H3,(H,20,23). The Bertz CT molecular complexity index is 910. The van der Waals surface area contributed by atoms with Gasteiger partial charge in [0, 0.05) is 24.4 Å². The first kappa shape index (κ1) is 13.9. The van der Waals surface area contributed by atoms with E-state index in [0.717, 1.165) is 41.3 Å². The van der Waals surface area contributed by atoms with Crippen molar-refractivity contribution in [1.82, 2.24) is 19.6 Å². The van der Waals surface area contributed by atoms with E-state index in [4.69, 9.17) is 0 Å². The SMILES string of the molecule is Cc1cc2ncc(C(=O)Nc3cccnc3C3CC3)c(C)n2n1. The molecule has 0 bridgehead atoms. The Labute approximate surface area is 133 Å². The molecule has 0 aromatic carbocycles. The average Bonchev–Trinajstić information content (AvgIpc) is 3.30. The van der Waals surface area contributed by atoms with Gasteiger partial charge in [0.05, 0.1) is 28.3 Å². The van der Waals surface area contributed by atoms with Crippen molar-refractivity contribution in [3.63, 3.8) is 0 Å². The number of carbonyl (C=O) groups is 1. The van der Waals surface area contributed by atoms with Gasteiger partial charge in [-0.15, -0.1) is 0 Å². The third kappa shape index (κ3) is 2.46. The summed E-state index contributed by atoms with van der Waals surface area (Å²) >= 11 is 0. The van der Waals surface area contributed by atoms with Gasteiger partial charge in [0.25, 0.3) is 5.91 Å². The van der Waals surface area contributed by atoms with Gasteiger partial charge in [0.15, 0.2) is 5.65 Å². The molecule has 116 valence electrons. The van der Waals surface area contributed by atoms with Gasteiger partial charge in [0.2, 0.25) is 0 Å². The predicted molar refractivity (Wildman–Crippen MR) is 86.6 cm³/mol. The molecule has 0 saturated heterocycles. The van der Waals surface area contributed by atoms with Gasteiger partial charge in [-0.1, -0.05) is 0 Å². The third-order valence-corrected chi connectivity index (χ3v) is 4.14. The minimum Gasteiger partial charge on any atom is -0.320 e. The molecule has 1 aliphatic rings. The van der Waals surface area contributed by atoms with Crippen LogP contribution in [0, 0.1) is 13.8 Å². The van der Waals surface area contributed by atoms with E-state index in [2.05, 4.69) is 20.4 Å². The highest BCUT2D eigenvalue weighted by Gasteiger charge is 2.28. The van der Waals surface area contributed by atoms with Crippen molar-refractivity contribution in [3.05, 3.63) is 53.2 Å². The molecular weight excluding hydrogens is 290 g/mol. The second-order valence-corrected chi connectivity index (χ2v) is 5.98. The monoisotopic (exact) mass is 307 g/mol. The van der Waals surface area contributed by atoms with E-state index in [-0.39, 0.29) is 5.91 Å². The number of hydrogen-bond donors (Lipinski definition) is 1. The molecule has 3 heterocycles. The number of amides is 1. The van der Waals surface area contributed by atoms with E-state index in [0.29, 0.717) is 11.5 Å². The molecule has 1 amide bonds. The summed E-state index contributed by atoms with van der Waals surface area (Å²) in [7, 11) is 0. The van der Waals surface area contributed by atoms with Gasteiger partial charge >= 0.3 is 0 Å². The van der Waals surface area contributed by atoms with Crippen LogP contribution in [0.3, 0.4) is 0 Å². The Balaban J connectivity index is 1.68. The number of anilines is 1. The van der Waals surface area contributed by atoms with Crippen LogP contribution in [-0.2, 0) is 0 Å². The molecule has 6 heteroatoms. The van der Waals surface area contributed by atoms with Crippen LogP contribution in [0.15, 0.2) is 30.6 Å². The Morgan fingerprint density at radius 3 is 2.91 bits per heavy atom. The summed E-state index contributed by atoms with van der Waals surface area (Å²) in [4.78, 5) is 21.4. The number of pyridine rings is 1. The highest BCUT2D eigenvalue weighted by Crippen LogP contribution is 2.42. The first-order chi connectivity index (χ1) is 11.1. The van der Waals surface area contributed by atoms with Crippen LogP contribution in [0.5, 0.6) is 0 Å². The largest absolute Gasteiger partial charge is 0.320 e. The van der Waals surface area contributed by atoms with E-state index in [1.54, 1.807) is 16.9 Å². The fourth-order valence-corrected chi connectivity index (χ4v) is 2.78. The summed E-state index contributed by atoms with van der Waals surface area (Å²) in [5, 5.41) is 7.36. The molecule has 1 N–H and O–H groups in total. The van der Waals surface area contributed by atoms with Crippen molar-refractivity contribution in [2.75, 3.05) is 5.32 Å². The van der Waals surface area contributed by atoms with Crippen LogP contribution >= 0.6 is 0 Å². The van der Waals surface area contributed by atoms with Crippen LogP contribution in [0.1, 0.15) is 46.2 Å². The maximum absolute atomic E-state index is 12.7. The molecule has 0 spiro atoms. The lowest BCUT2D eigenvalue weighted by Gasteiger charge is -2.11. The molecule has 3 aromatic heterocycles. The molecule has 1 saturated carbocycles. The van der Waals surface area contributed by atoms with Gasteiger partial charge in [-0.25, -0.2) is 9.50 Å². The molecule has 1 aliphatic carbocycles. The van der Waals surface area contributed by atoms with E-state index in [1.807, 2.05) is 32.0 Å². The lowest BCUT2D eigenvalue weighted by Crippen LogP contribution is -2.17. The van der Waals surface area contributed by atoms with E-state index in [1.165, 1.54) is 0 Å². The average molecular weight is 307 g/mol. The molecule has 23 heavy (non-hydrogen) atoms. The number of nitrogens with one attached hydrogen (secondary N) is 1. The number of carbonyl (C=O) groups excluding carboxylic acids is 1. The fraction of sp³-hybridized carbons (Fsp3) is 0.294. The van der Waals surface area contributed by atoms with Crippen molar-refractivity contribution in [3.8, 4) is 0 Å². The number of nitrogens with zero attached hydrogens (tertiary/aromatic N) is 4. The third-order valence-electron chi connectivity index (χ3n) is 4.14. The lowest BCUT2D eigenvalue weighted by atomic mass is 10.2. The summed E-state index contributed by atoms with van der Waals surface area (Å²) in [6.45, 7) is 3.78. The number of rotatable bonds is 3. The van der Waals surface area contributed by atoms with Crippen molar-refractivity contribution in [2.24, 2.45) is 0 Å². The maximum atomic E-state index is 12.7. The van der Waals surface area contributed by atoms with Crippen molar-refractivity contribution >= 4 is 17.2 Å². The number of hydrogen-bond acceptors (Lipinski definition) is 4. The minimum atomic E-state index is -0.181. The zero-order valence-corrected chi connectivity index (χ0v) is 13.1. The molecule has 4 rings (SSSR count). The molecular formula is C17H17N5O.